The average molecular weight is 275 g/mol. The fraction of sp³-hybridized carbons (Fsp3) is 0.647. The van der Waals surface area contributed by atoms with Crippen LogP contribution in [0, 0.1) is 5.92 Å². The van der Waals surface area contributed by atoms with Crippen LogP contribution < -0.4 is 5.32 Å². The van der Waals surface area contributed by atoms with Gasteiger partial charge in [0.1, 0.15) is 0 Å². The lowest BCUT2D eigenvalue weighted by Crippen LogP contribution is -2.44. The zero-order valence-corrected chi connectivity index (χ0v) is 12.3. The van der Waals surface area contributed by atoms with Gasteiger partial charge in [-0.2, -0.15) is 0 Å². The molecule has 1 N–H and O–H groups in total. The van der Waals surface area contributed by atoms with Crippen LogP contribution in [0.15, 0.2) is 24.3 Å². The van der Waals surface area contributed by atoms with E-state index in [2.05, 4.69) is 36.5 Å². The van der Waals surface area contributed by atoms with Crippen LogP contribution in [0.25, 0.3) is 0 Å². The molecule has 0 bridgehead atoms. The Hall–Kier alpha value is -0.900. The molecule has 0 saturated carbocycles. The van der Waals surface area contributed by atoms with E-state index < -0.39 is 0 Å². The summed E-state index contributed by atoms with van der Waals surface area (Å²) >= 11 is 0. The van der Waals surface area contributed by atoms with E-state index in [1.54, 1.807) is 0 Å². The summed E-state index contributed by atoms with van der Waals surface area (Å²) in [6.45, 7) is 5.85. The molecule has 0 spiro atoms. The summed E-state index contributed by atoms with van der Waals surface area (Å²) in [4.78, 5) is 0. The van der Waals surface area contributed by atoms with Crippen molar-refractivity contribution in [1.29, 1.82) is 0 Å². The topological polar surface area (TPSA) is 30.5 Å². The molecule has 1 aromatic rings. The van der Waals surface area contributed by atoms with Crippen LogP contribution in [0.3, 0.4) is 0 Å². The minimum absolute atomic E-state index is 0.179. The molecule has 3 nitrogen and oxygen atoms in total. The van der Waals surface area contributed by atoms with Gasteiger partial charge in [0.15, 0.2) is 0 Å². The number of hydrogen-bond donors (Lipinski definition) is 1. The van der Waals surface area contributed by atoms with Gasteiger partial charge in [0.25, 0.3) is 0 Å². The summed E-state index contributed by atoms with van der Waals surface area (Å²) in [5.41, 5.74) is 2.82. The molecule has 0 amide bonds. The van der Waals surface area contributed by atoms with Gasteiger partial charge in [-0.3, -0.25) is 0 Å². The second kappa shape index (κ2) is 6.70. The Morgan fingerprint density at radius 1 is 1.30 bits per heavy atom. The van der Waals surface area contributed by atoms with Crippen LogP contribution in [0.5, 0.6) is 0 Å². The predicted molar refractivity (Wildman–Crippen MR) is 79.8 cm³/mol. The smallest absolute Gasteiger partial charge is 0.0984 e. The van der Waals surface area contributed by atoms with Gasteiger partial charge in [-0.1, -0.05) is 31.2 Å². The SMILES string of the molecule is CCCNC(C1CCOC1)C1OCCc2ccccc21. The molecule has 3 rings (SSSR count). The lowest BCUT2D eigenvalue weighted by Gasteiger charge is -2.36. The van der Waals surface area contributed by atoms with E-state index in [0.29, 0.717) is 12.0 Å². The molecule has 2 heterocycles. The highest BCUT2D eigenvalue weighted by atomic mass is 16.5. The Bertz CT molecular complexity index is 429. The first-order valence-electron chi connectivity index (χ1n) is 7.90. The van der Waals surface area contributed by atoms with E-state index in [4.69, 9.17) is 9.47 Å². The zero-order valence-electron chi connectivity index (χ0n) is 12.3. The third kappa shape index (κ3) is 2.90. The van der Waals surface area contributed by atoms with Gasteiger partial charge in [-0.05, 0) is 36.9 Å². The summed E-state index contributed by atoms with van der Waals surface area (Å²) in [6, 6.07) is 9.11. The van der Waals surface area contributed by atoms with Gasteiger partial charge in [0, 0.05) is 18.6 Å². The van der Waals surface area contributed by atoms with Crippen molar-refractivity contribution in [3.8, 4) is 0 Å². The van der Waals surface area contributed by atoms with Crippen LogP contribution in [0.4, 0.5) is 0 Å². The fourth-order valence-electron chi connectivity index (χ4n) is 3.39. The molecule has 3 unspecified atom stereocenters. The van der Waals surface area contributed by atoms with Crippen LogP contribution in [0.1, 0.15) is 37.0 Å². The number of rotatable bonds is 5. The maximum absolute atomic E-state index is 6.16. The molecule has 0 aliphatic carbocycles. The van der Waals surface area contributed by atoms with E-state index in [1.165, 1.54) is 11.1 Å². The minimum Gasteiger partial charge on any atom is -0.381 e. The molecular formula is C17H25NO2. The minimum atomic E-state index is 0.179. The molecule has 1 saturated heterocycles. The predicted octanol–water partition coefficient (Wildman–Crippen LogP) is 2.71. The molecule has 0 radical (unpaired) electrons. The summed E-state index contributed by atoms with van der Waals surface area (Å²) in [5, 5.41) is 3.72. The number of fused-ring (bicyclic) bond motifs is 1. The maximum Gasteiger partial charge on any atom is 0.0984 e. The third-order valence-electron chi connectivity index (χ3n) is 4.46. The second-order valence-electron chi connectivity index (χ2n) is 5.84. The highest BCUT2D eigenvalue weighted by Crippen LogP contribution is 2.34. The molecule has 0 aromatic heterocycles. The van der Waals surface area contributed by atoms with E-state index in [-0.39, 0.29) is 6.10 Å². The van der Waals surface area contributed by atoms with E-state index >= 15 is 0 Å². The normalized spacial score (nSPS) is 27.2. The largest absolute Gasteiger partial charge is 0.381 e. The molecule has 2 aliphatic heterocycles. The average Bonchev–Trinajstić information content (AvgIpc) is 3.02. The molecular weight excluding hydrogens is 250 g/mol. The van der Waals surface area contributed by atoms with E-state index in [9.17, 15) is 0 Å². The molecule has 3 atom stereocenters. The van der Waals surface area contributed by atoms with Crippen molar-refractivity contribution in [2.75, 3.05) is 26.4 Å². The fourth-order valence-corrected chi connectivity index (χ4v) is 3.39. The Morgan fingerprint density at radius 2 is 2.20 bits per heavy atom. The highest BCUT2D eigenvalue weighted by Gasteiger charge is 2.35. The molecule has 3 heteroatoms. The van der Waals surface area contributed by atoms with Crippen molar-refractivity contribution in [2.24, 2.45) is 5.92 Å². The zero-order chi connectivity index (χ0) is 13.8. The Labute approximate surface area is 121 Å². The van der Waals surface area contributed by atoms with Gasteiger partial charge in [0.05, 0.1) is 19.3 Å². The highest BCUT2D eigenvalue weighted by molar-refractivity contribution is 5.32. The lowest BCUT2D eigenvalue weighted by atomic mass is 9.86. The molecule has 2 aliphatic rings. The van der Waals surface area contributed by atoms with Gasteiger partial charge in [-0.25, -0.2) is 0 Å². The van der Waals surface area contributed by atoms with Crippen LogP contribution in [-0.2, 0) is 15.9 Å². The number of ether oxygens (including phenoxy) is 2. The summed E-state index contributed by atoms with van der Waals surface area (Å²) in [6.07, 6.45) is 3.51. The van der Waals surface area contributed by atoms with Crippen LogP contribution in [0.2, 0.25) is 0 Å². The van der Waals surface area contributed by atoms with Crippen molar-refractivity contribution in [3.05, 3.63) is 35.4 Å². The first-order chi connectivity index (χ1) is 9.90. The number of benzene rings is 1. The van der Waals surface area contributed by atoms with E-state index in [1.807, 2.05) is 0 Å². The van der Waals surface area contributed by atoms with Crippen LogP contribution in [-0.4, -0.2) is 32.4 Å². The Morgan fingerprint density at radius 3 is 3.00 bits per heavy atom. The number of hydrogen-bond acceptors (Lipinski definition) is 3. The van der Waals surface area contributed by atoms with E-state index in [0.717, 1.165) is 45.6 Å². The first kappa shape index (κ1) is 14.1. The van der Waals surface area contributed by atoms with Gasteiger partial charge >= 0.3 is 0 Å². The van der Waals surface area contributed by atoms with Crippen molar-refractivity contribution >= 4 is 0 Å². The van der Waals surface area contributed by atoms with Crippen molar-refractivity contribution < 1.29 is 9.47 Å². The van der Waals surface area contributed by atoms with Gasteiger partial charge < -0.3 is 14.8 Å². The summed E-state index contributed by atoms with van der Waals surface area (Å²) in [5.74, 6) is 0.567. The standard InChI is InChI=1S/C17H25NO2/c1-2-9-18-16(14-7-10-19-12-14)17-15-6-4-3-5-13(15)8-11-20-17/h3-6,14,16-18H,2,7-12H2,1H3. The van der Waals surface area contributed by atoms with Crippen LogP contribution >= 0.6 is 0 Å². The molecule has 1 fully saturated rings. The second-order valence-corrected chi connectivity index (χ2v) is 5.84. The Balaban J connectivity index is 1.83. The molecule has 110 valence electrons. The molecule has 1 aromatic carbocycles. The van der Waals surface area contributed by atoms with Gasteiger partial charge in [0.2, 0.25) is 0 Å². The number of nitrogens with one attached hydrogen (secondary N) is 1. The van der Waals surface area contributed by atoms with Crippen molar-refractivity contribution in [2.45, 2.75) is 38.3 Å². The monoisotopic (exact) mass is 275 g/mol. The van der Waals surface area contributed by atoms with Crippen molar-refractivity contribution in [1.82, 2.24) is 5.32 Å². The lowest BCUT2D eigenvalue weighted by molar-refractivity contribution is -0.00177. The van der Waals surface area contributed by atoms with Crippen molar-refractivity contribution in [3.63, 3.8) is 0 Å². The quantitative estimate of drug-likeness (QED) is 0.896. The first-order valence-corrected chi connectivity index (χ1v) is 7.90. The summed E-state index contributed by atoms with van der Waals surface area (Å²) in [7, 11) is 0. The maximum atomic E-state index is 6.16. The molecule has 20 heavy (non-hydrogen) atoms. The third-order valence-corrected chi connectivity index (χ3v) is 4.46. The summed E-state index contributed by atoms with van der Waals surface area (Å²) < 4.78 is 11.8. The Kier molecular flexibility index (Phi) is 4.71. The van der Waals surface area contributed by atoms with Gasteiger partial charge in [-0.15, -0.1) is 0 Å².